The van der Waals surface area contributed by atoms with Crippen LogP contribution in [0, 0.1) is 0 Å². The summed E-state index contributed by atoms with van der Waals surface area (Å²) in [4.78, 5) is 18.5. The number of aliphatic hydroxyl groups excluding tert-OH is 1. The van der Waals surface area contributed by atoms with Crippen LogP contribution in [0.25, 0.3) is 0 Å². The SMILES string of the molecule is CC[C@@H]1CN(Cc2ccccc2)CCN1C[C@H](O)CN1CCCC1=O. The van der Waals surface area contributed by atoms with E-state index in [-0.39, 0.29) is 5.91 Å². The van der Waals surface area contributed by atoms with Gasteiger partial charge < -0.3 is 10.0 Å². The summed E-state index contributed by atoms with van der Waals surface area (Å²) in [5, 5.41) is 10.4. The van der Waals surface area contributed by atoms with Crippen molar-refractivity contribution in [3.8, 4) is 0 Å². The second-order valence-corrected chi connectivity index (χ2v) is 7.37. The van der Waals surface area contributed by atoms with Crippen LogP contribution in [0.15, 0.2) is 30.3 Å². The second kappa shape index (κ2) is 8.79. The number of benzene rings is 1. The van der Waals surface area contributed by atoms with Crippen molar-refractivity contribution in [1.82, 2.24) is 14.7 Å². The van der Waals surface area contributed by atoms with E-state index in [0.717, 1.165) is 45.6 Å². The standard InChI is InChI=1S/C20H31N3O2/c1-2-18-14-21(13-17-7-4-3-5-8-17)11-12-22(18)15-19(24)16-23-10-6-9-20(23)25/h3-5,7-8,18-19,24H,2,6,9-16H2,1H3/t18-,19+/m1/s1. The first-order valence-corrected chi connectivity index (χ1v) is 9.62. The van der Waals surface area contributed by atoms with E-state index in [1.54, 1.807) is 0 Å². The van der Waals surface area contributed by atoms with Crippen molar-refractivity contribution in [3.63, 3.8) is 0 Å². The molecule has 138 valence electrons. The maximum atomic E-state index is 11.7. The largest absolute Gasteiger partial charge is 0.390 e. The highest BCUT2D eigenvalue weighted by Gasteiger charge is 2.29. The van der Waals surface area contributed by atoms with Gasteiger partial charge in [-0.25, -0.2) is 0 Å². The zero-order chi connectivity index (χ0) is 17.6. The molecule has 1 N–H and O–H groups in total. The van der Waals surface area contributed by atoms with Gasteiger partial charge in [0.15, 0.2) is 0 Å². The number of amides is 1. The summed E-state index contributed by atoms with van der Waals surface area (Å²) in [6.07, 6.45) is 2.21. The van der Waals surface area contributed by atoms with E-state index in [0.29, 0.717) is 25.6 Å². The van der Waals surface area contributed by atoms with E-state index in [2.05, 4.69) is 47.1 Å². The first kappa shape index (κ1) is 18.4. The molecule has 0 unspecified atom stereocenters. The number of β-amino-alcohol motifs (C(OH)–C–C–N with tert-alkyl or cyclic N) is 1. The summed E-state index contributed by atoms with van der Waals surface area (Å²) < 4.78 is 0. The van der Waals surface area contributed by atoms with Crippen LogP contribution >= 0.6 is 0 Å². The summed E-state index contributed by atoms with van der Waals surface area (Å²) in [5.41, 5.74) is 1.36. The fraction of sp³-hybridized carbons (Fsp3) is 0.650. The summed E-state index contributed by atoms with van der Waals surface area (Å²) in [6, 6.07) is 11.1. The molecule has 2 heterocycles. The Labute approximate surface area is 151 Å². The van der Waals surface area contributed by atoms with Crippen molar-refractivity contribution in [2.24, 2.45) is 0 Å². The molecule has 2 fully saturated rings. The van der Waals surface area contributed by atoms with E-state index in [9.17, 15) is 9.90 Å². The van der Waals surface area contributed by atoms with Gasteiger partial charge in [0.25, 0.3) is 0 Å². The summed E-state index contributed by atoms with van der Waals surface area (Å²) >= 11 is 0. The predicted molar refractivity (Wildman–Crippen MR) is 99.2 cm³/mol. The Balaban J connectivity index is 1.49. The molecule has 0 saturated carbocycles. The van der Waals surface area contributed by atoms with Crippen LogP contribution in [0.4, 0.5) is 0 Å². The highest BCUT2D eigenvalue weighted by Crippen LogP contribution is 2.17. The maximum absolute atomic E-state index is 11.7. The molecule has 2 aliphatic heterocycles. The zero-order valence-electron chi connectivity index (χ0n) is 15.3. The van der Waals surface area contributed by atoms with Gasteiger partial charge in [-0.1, -0.05) is 37.3 Å². The topological polar surface area (TPSA) is 47.0 Å². The average Bonchev–Trinajstić information content (AvgIpc) is 3.02. The molecule has 0 aromatic heterocycles. The van der Waals surface area contributed by atoms with Crippen molar-refractivity contribution in [2.45, 2.75) is 44.9 Å². The fourth-order valence-electron chi connectivity index (χ4n) is 4.05. The molecule has 2 atom stereocenters. The number of aliphatic hydroxyl groups is 1. The van der Waals surface area contributed by atoms with E-state index in [1.165, 1.54) is 5.56 Å². The number of rotatable bonds is 7. The lowest BCUT2D eigenvalue weighted by Crippen LogP contribution is -2.55. The van der Waals surface area contributed by atoms with Gasteiger partial charge in [0, 0.05) is 58.3 Å². The molecule has 0 aliphatic carbocycles. The van der Waals surface area contributed by atoms with Crippen molar-refractivity contribution in [1.29, 1.82) is 0 Å². The Bertz CT molecular complexity index is 551. The molecule has 5 heteroatoms. The summed E-state index contributed by atoms with van der Waals surface area (Å²) in [6.45, 7) is 8.23. The summed E-state index contributed by atoms with van der Waals surface area (Å²) in [5.74, 6) is 0.193. The van der Waals surface area contributed by atoms with Crippen LogP contribution in [-0.2, 0) is 11.3 Å². The minimum absolute atomic E-state index is 0.193. The first-order chi connectivity index (χ1) is 12.2. The minimum atomic E-state index is -0.447. The monoisotopic (exact) mass is 345 g/mol. The van der Waals surface area contributed by atoms with Gasteiger partial charge in [-0.05, 0) is 18.4 Å². The highest BCUT2D eigenvalue weighted by atomic mass is 16.3. The highest BCUT2D eigenvalue weighted by molar-refractivity contribution is 5.78. The molecule has 0 radical (unpaired) electrons. The van der Waals surface area contributed by atoms with Gasteiger partial charge in [0.1, 0.15) is 0 Å². The van der Waals surface area contributed by atoms with Crippen LogP contribution in [0.2, 0.25) is 0 Å². The fourth-order valence-corrected chi connectivity index (χ4v) is 4.05. The van der Waals surface area contributed by atoms with Crippen LogP contribution in [-0.4, -0.2) is 77.1 Å². The number of likely N-dealkylation sites (tertiary alicyclic amines) is 1. The third-order valence-electron chi connectivity index (χ3n) is 5.46. The van der Waals surface area contributed by atoms with Crippen LogP contribution in [0.3, 0.4) is 0 Å². The third-order valence-corrected chi connectivity index (χ3v) is 5.46. The smallest absolute Gasteiger partial charge is 0.222 e. The molecular formula is C20H31N3O2. The Morgan fingerprint density at radius 2 is 1.96 bits per heavy atom. The van der Waals surface area contributed by atoms with Crippen molar-refractivity contribution >= 4 is 5.91 Å². The first-order valence-electron chi connectivity index (χ1n) is 9.62. The number of hydrogen-bond donors (Lipinski definition) is 1. The molecule has 2 saturated heterocycles. The number of nitrogens with zero attached hydrogens (tertiary/aromatic N) is 3. The van der Waals surface area contributed by atoms with E-state index < -0.39 is 6.10 Å². The normalized spacial score (nSPS) is 24.0. The Morgan fingerprint density at radius 1 is 1.16 bits per heavy atom. The molecule has 1 aromatic carbocycles. The Kier molecular flexibility index (Phi) is 6.45. The molecular weight excluding hydrogens is 314 g/mol. The van der Waals surface area contributed by atoms with Gasteiger partial charge in [-0.15, -0.1) is 0 Å². The number of carbonyl (C=O) groups excluding carboxylic acids is 1. The van der Waals surface area contributed by atoms with E-state index in [4.69, 9.17) is 0 Å². The van der Waals surface area contributed by atoms with Crippen LogP contribution < -0.4 is 0 Å². The van der Waals surface area contributed by atoms with Crippen LogP contribution in [0.1, 0.15) is 31.7 Å². The molecule has 1 amide bonds. The molecule has 1 aromatic rings. The lowest BCUT2D eigenvalue weighted by molar-refractivity contribution is -0.129. The average molecular weight is 345 g/mol. The molecule has 5 nitrogen and oxygen atoms in total. The summed E-state index contributed by atoms with van der Waals surface area (Å²) in [7, 11) is 0. The molecule has 3 rings (SSSR count). The van der Waals surface area contributed by atoms with Gasteiger partial charge in [-0.3, -0.25) is 14.6 Å². The quantitative estimate of drug-likeness (QED) is 0.815. The Hall–Kier alpha value is -1.43. The van der Waals surface area contributed by atoms with E-state index in [1.807, 2.05) is 4.90 Å². The number of hydrogen-bond acceptors (Lipinski definition) is 4. The molecule has 2 aliphatic rings. The van der Waals surface area contributed by atoms with Crippen molar-refractivity contribution in [3.05, 3.63) is 35.9 Å². The molecule has 0 spiro atoms. The van der Waals surface area contributed by atoms with Gasteiger partial charge in [-0.2, -0.15) is 0 Å². The minimum Gasteiger partial charge on any atom is -0.390 e. The molecule has 25 heavy (non-hydrogen) atoms. The maximum Gasteiger partial charge on any atom is 0.222 e. The van der Waals surface area contributed by atoms with Crippen molar-refractivity contribution in [2.75, 3.05) is 39.3 Å². The molecule has 0 bridgehead atoms. The van der Waals surface area contributed by atoms with Crippen LogP contribution in [0.5, 0.6) is 0 Å². The number of piperazine rings is 1. The second-order valence-electron chi connectivity index (χ2n) is 7.37. The lowest BCUT2D eigenvalue weighted by Gasteiger charge is -2.42. The van der Waals surface area contributed by atoms with Gasteiger partial charge >= 0.3 is 0 Å². The number of carbonyl (C=O) groups is 1. The van der Waals surface area contributed by atoms with E-state index >= 15 is 0 Å². The lowest BCUT2D eigenvalue weighted by atomic mass is 10.1. The predicted octanol–water partition coefficient (Wildman–Crippen LogP) is 1.57. The van der Waals surface area contributed by atoms with Crippen molar-refractivity contribution < 1.29 is 9.90 Å². The third kappa shape index (κ3) is 5.03. The Morgan fingerprint density at radius 3 is 2.64 bits per heavy atom. The zero-order valence-corrected chi connectivity index (χ0v) is 15.3. The van der Waals surface area contributed by atoms with Gasteiger partial charge in [0.05, 0.1) is 6.10 Å². The van der Waals surface area contributed by atoms with Gasteiger partial charge in [0.2, 0.25) is 5.91 Å².